The van der Waals surface area contributed by atoms with Crippen LogP contribution in [0.2, 0.25) is 0 Å². The lowest BCUT2D eigenvalue weighted by atomic mass is 10.1. The van der Waals surface area contributed by atoms with E-state index in [2.05, 4.69) is 13.8 Å². The van der Waals surface area contributed by atoms with Crippen LogP contribution in [0.1, 0.15) is 38.7 Å². The van der Waals surface area contributed by atoms with E-state index in [-0.39, 0.29) is 0 Å². The highest BCUT2D eigenvalue weighted by molar-refractivity contribution is 5.32. The first kappa shape index (κ1) is 16.0. The van der Waals surface area contributed by atoms with Crippen molar-refractivity contribution in [1.29, 1.82) is 0 Å². The van der Waals surface area contributed by atoms with Crippen LogP contribution in [0, 0.1) is 5.92 Å². The van der Waals surface area contributed by atoms with E-state index in [0.29, 0.717) is 13.2 Å². The van der Waals surface area contributed by atoms with Crippen molar-refractivity contribution in [1.82, 2.24) is 0 Å². The zero-order valence-electron chi connectivity index (χ0n) is 12.2. The molecule has 0 bridgehead atoms. The van der Waals surface area contributed by atoms with E-state index < -0.39 is 0 Å². The van der Waals surface area contributed by atoms with E-state index >= 15 is 0 Å². The Morgan fingerprint density at radius 1 is 1.05 bits per heavy atom. The molecule has 108 valence electrons. The molecule has 0 atom stereocenters. The van der Waals surface area contributed by atoms with Crippen molar-refractivity contribution in [3.8, 4) is 5.75 Å². The summed E-state index contributed by atoms with van der Waals surface area (Å²) in [4.78, 5) is 0. The van der Waals surface area contributed by atoms with E-state index in [4.69, 9.17) is 15.2 Å². The molecule has 0 aliphatic heterocycles. The van der Waals surface area contributed by atoms with E-state index in [1.165, 1.54) is 6.42 Å². The third-order valence-corrected chi connectivity index (χ3v) is 2.95. The Bertz CT molecular complexity index is 339. The number of hydrogen-bond donors (Lipinski definition) is 1. The maximum Gasteiger partial charge on any atom is 0.123 e. The first-order chi connectivity index (χ1) is 9.24. The Kier molecular flexibility index (Phi) is 8.26. The maximum atomic E-state index is 5.71. The smallest absolute Gasteiger partial charge is 0.123 e. The van der Waals surface area contributed by atoms with Gasteiger partial charge >= 0.3 is 0 Å². The summed E-state index contributed by atoms with van der Waals surface area (Å²) in [5.74, 6) is 1.66. The van der Waals surface area contributed by atoms with E-state index in [1.54, 1.807) is 0 Å². The molecule has 0 saturated carbocycles. The van der Waals surface area contributed by atoms with Crippen LogP contribution in [0.5, 0.6) is 5.75 Å². The second-order valence-corrected chi connectivity index (χ2v) is 5.16. The Balaban J connectivity index is 2.04. The van der Waals surface area contributed by atoms with Gasteiger partial charge in [-0.1, -0.05) is 32.0 Å². The van der Waals surface area contributed by atoms with Gasteiger partial charge < -0.3 is 15.2 Å². The van der Waals surface area contributed by atoms with Gasteiger partial charge in [-0.25, -0.2) is 0 Å². The monoisotopic (exact) mass is 265 g/mol. The second kappa shape index (κ2) is 9.82. The molecule has 0 unspecified atom stereocenters. The Labute approximate surface area is 117 Å². The fourth-order valence-corrected chi connectivity index (χ4v) is 1.85. The molecule has 1 aromatic rings. The normalized spacial score (nSPS) is 10.9. The molecule has 0 aliphatic rings. The molecule has 0 radical (unpaired) electrons. The van der Waals surface area contributed by atoms with Gasteiger partial charge in [0.05, 0.1) is 6.61 Å². The average Bonchev–Trinajstić information content (AvgIpc) is 2.42. The quantitative estimate of drug-likeness (QED) is 0.660. The minimum absolute atomic E-state index is 0.516. The van der Waals surface area contributed by atoms with Crippen molar-refractivity contribution in [3.05, 3.63) is 29.8 Å². The minimum atomic E-state index is 0.516. The molecule has 0 spiro atoms. The molecule has 3 heteroatoms. The fraction of sp³-hybridized carbons (Fsp3) is 0.625. The molecule has 0 saturated heterocycles. The van der Waals surface area contributed by atoms with Crippen LogP contribution in [-0.2, 0) is 11.3 Å². The highest BCUT2D eigenvalue weighted by Gasteiger charge is 2.00. The summed E-state index contributed by atoms with van der Waals surface area (Å²) in [6.45, 7) is 7.30. The molecule has 0 heterocycles. The van der Waals surface area contributed by atoms with Crippen molar-refractivity contribution < 1.29 is 9.47 Å². The van der Waals surface area contributed by atoms with Gasteiger partial charge in [0, 0.05) is 31.7 Å². The summed E-state index contributed by atoms with van der Waals surface area (Å²) >= 11 is 0. The molecule has 0 aliphatic carbocycles. The van der Waals surface area contributed by atoms with Crippen LogP contribution in [0.25, 0.3) is 0 Å². The summed E-state index contributed by atoms with van der Waals surface area (Å²) < 4.78 is 11.3. The van der Waals surface area contributed by atoms with Crippen molar-refractivity contribution in [2.24, 2.45) is 11.7 Å². The number of ether oxygens (including phenoxy) is 2. The SMILES string of the molecule is CC(C)CCCOCCCOc1ccccc1CN. The second-order valence-electron chi connectivity index (χ2n) is 5.16. The first-order valence-electron chi connectivity index (χ1n) is 7.22. The standard InChI is InChI=1S/C16H27NO2/c1-14(2)7-5-10-18-11-6-12-19-16-9-4-3-8-15(16)13-17/h3-4,8-9,14H,5-7,10-13,17H2,1-2H3. The third-order valence-electron chi connectivity index (χ3n) is 2.95. The van der Waals surface area contributed by atoms with Gasteiger partial charge in [-0.2, -0.15) is 0 Å². The van der Waals surface area contributed by atoms with Gasteiger partial charge in [0.15, 0.2) is 0 Å². The van der Waals surface area contributed by atoms with Crippen LogP contribution in [-0.4, -0.2) is 19.8 Å². The minimum Gasteiger partial charge on any atom is -0.493 e. The van der Waals surface area contributed by atoms with Crippen molar-refractivity contribution in [2.75, 3.05) is 19.8 Å². The van der Waals surface area contributed by atoms with Gasteiger partial charge in [0.25, 0.3) is 0 Å². The molecule has 0 amide bonds. The Morgan fingerprint density at radius 2 is 1.79 bits per heavy atom. The lowest BCUT2D eigenvalue weighted by molar-refractivity contribution is 0.114. The van der Waals surface area contributed by atoms with Crippen LogP contribution in [0.3, 0.4) is 0 Å². The number of hydrogen-bond acceptors (Lipinski definition) is 3. The number of benzene rings is 1. The average molecular weight is 265 g/mol. The topological polar surface area (TPSA) is 44.5 Å². The molecule has 3 nitrogen and oxygen atoms in total. The third kappa shape index (κ3) is 7.19. The summed E-state index contributed by atoms with van der Waals surface area (Å²) in [6.07, 6.45) is 3.30. The lowest BCUT2D eigenvalue weighted by Gasteiger charge is -2.10. The van der Waals surface area contributed by atoms with Gasteiger partial charge in [-0.05, 0) is 24.8 Å². The molecule has 1 rings (SSSR count). The van der Waals surface area contributed by atoms with E-state index in [0.717, 1.165) is 43.3 Å². The summed E-state index contributed by atoms with van der Waals surface area (Å²) in [5, 5.41) is 0. The number of nitrogens with two attached hydrogens (primary N) is 1. The van der Waals surface area contributed by atoms with Crippen LogP contribution in [0.4, 0.5) is 0 Å². The molecule has 0 fully saturated rings. The molecular weight excluding hydrogens is 238 g/mol. The number of para-hydroxylation sites is 1. The first-order valence-corrected chi connectivity index (χ1v) is 7.22. The molecule has 0 aromatic heterocycles. The highest BCUT2D eigenvalue weighted by Crippen LogP contribution is 2.17. The summed E-state index contributed by atoms with van der Waals surface area (Å²) in [6, 6.07) is 7.91. The van der Waals surface area contributed by atoms with Crippen LogP contribution in [0.15, 0.2) is 24.3 Å². The van der Waals surface area contributed by atoms with E-state index in [9.17, 15) is 0 Å². The highest BCUT2D eigenvalue weighted by atomic mass is 16.5. The van der Waals surface area contributed by atoms with Gasteiger partial charge in [0.2, 0.25) is 0 Å². The zero-order valence-corrected chi connectivity index (χ0v) is 12.2. The predicted molar refractivity (Wildman–Crippen MR) is 79.3 cm³/mol. The van der Waals surface area contributed by atoms with Gasteiger partial charge in [-0.15, -0.1) is 0 Å². The van der Waals surface area contributed by atoms with Crippen molar-refractivity contribution >= 4 is 0 Å². The van der Waals surface area contributed by atoms with Crippen LogP contribution >= 0.6 is 0 Å². The Hall–Kier alpha value is -1.06. The molecular formula is C16H27NO2. The maximum absolute atomic E-state index is 5.71. The van der Waals surface area contributed by atoms with Crippen molar-refractivity contribution in [3.63, 3.8) is 0 Å². The molecule has 2 N–H and O–H groups in total. The summed E-state index contributed by atoms with van der Waals surface area (Å²) in [5.41, 5.74) is 6.71. The van der Waals surface area contributed by atoms with Crippen LogP contribution < -0.4 is 10.5 Å². The lowest BCUT2D eigenvalue weighted by Crippen LogP contribution is -2.07. The van der Waals surface area contributed by atoms with Crippen molar-refractivity contribution in [2.45, 2.75) is 39.7 Å². The Morgan fingerprint density at radius 3 is 2.53 bits per heavy atom. The molecule has 1 aromatic carbocycles. The fourth-order valence-electron chi connectivity index (χ4n) is 1.85. The molecule has 19 heavy (non-hydrogen) atoms. The van der Waals surface area contributed by atoms with Gasteiger partial charge in [0.1, 0.15) is 5.75 Å². The summed E-state index contributed by atoms with van der Waals surface area (Å²) in [7, 11) is 0. The van der Waals surface area contributed by atoms with Gasteiger partial charge in [-0.3, -0.25) is 0 Å². The zero-order chi connectivity index (χ0) is 13.9. The predicted octanol–water partition coefficient (Wildman–Crippen LogP) is 3.37. The van der Waals surface area contributed by atoms with E-state index in [1.807, 2.05) is 24.3 Å². The largest absolute Gasteiger partial charge is 0.493 e. The number of rotatable bonds is 10.